The zero-order valence-corrected chi connectivity index (χ0v) is 19.3. The largest absolute Gasteiger partial charge is 0.376 e. The molecule has 3 fully saturated rings. The third kappa shape index (κ3) is 2.98. The van der Waals surface area contributed by atoms with Crippen LogP contribution in [0.4, 0.5) is 0 Å². The predicted molar refractivity (Wildman–Crippen MR) is 124 cm³/mol. The maximum absolute atomic E-state index is 12.6. The number of imidazole rings is 1. The van der Waals surface area contributed by atoms with Gasteiger partial charge >= 0.3 is 0 Å². The van der Waals surface area contributed by atoms with Crippen LogP contribution in [0.1, 0.15) is 73.0 Å². The monoisotopic (exact) mass is 457 g/mol. The molecule has 2 aliphatic carbocycles. The first-order chi connectivity index (χ1) is 16.5. The Kier molecular flexibility index (Phi) is 4.15. The lowest BCUT2D eigenvalue weighted by molar-refractivity contribution is -0.0937. The van der Waals surface area contributed by atoms with Gasteiger partial charge in [-0.3, -0.25) is 0 Å². The molecule has 1 unspecified atom stereocenters. The first-order valence-corrected chi connectivity index (χ1v) is 12.1. The Balaban J connectivity index is 1.50. The Hall–Kier alpha value is -3.10. The highest BCUT2D eigenvalue weighted by molar-refractivity contribution is 5.87. The number of hydrogen-bond donors (Lipinski definition) is 2. The average molecular weight is 458 g/mol. The molecule has 7 rings (SSSR count). The van der Waals surface area contributed by atoms with Gasteiger partial charge in [-0.25, -0.2) is 4.98 Å². The number of ether oxygens (including phenoxy) is 1. The molecule has 174 valence electrons. The van der Waals surface area contributed by atoms with Crippen LogP contribution in [0.5, 0.6) is 0 Å². The zero-order valence-electron chi connectivity index (χ0n) is 19.3. The molecule has 3 aliphatic rings. The van der Waals surface area contributed by atoms with Gasteiger partial charge in [0.25, 0.3) is 0 Å². The summed E-state index contributed by atoms with van der Waals surface area (Å²) in [7, 11) is 0. The summed E-state index contributed by atoms with van der Waals surface area (Å²) >= 11 is 0. The van der Waals surface area contributed by atoms with Crippen molar-refractivity contribution in [3.8, 4) is 11.1 Å². The van der Waals surface area contributed by atoms with Crippen LogP contribution in [0, 0.1) is 13.8 Å². The number of hydrogen-bond acceptors (Lipinski definition) is 7. The van der Waals surface area contributed by atoms with E-state index < -0.39 is 11.7 Å². The fraction of sp³-hybridized carbons (Fsp3) is 0.462. The molecule has 34 heavy (non-hydrogen) atoms. The minimum Gasteiger partial charge on any atom is -0.376 e. The highest BCUT2D eigenvalue weighted by atomic mass is 16.5. The van der Waals surface area contributed by atoms with E-state index >= 15 is 0 Å². The van der Waals surface area contributed by atoms with Crippen LogP contribution in [-0.4, -0.2) is 42.1 Å². The van der Waals surface area contributed by atoms with E-state index in [1.807, 2.05) is 32.0 Å². The molecule has 0 bridgehead atoms. The second-order valence-electron chi connectivity index (χ2n) is 10.2. The molecule has 1 aliphatic heterocycles. The topological polar surface area (TPSA) is 110 Å². The standard InChI is InChI=1S/C26H27N5O3/c1-14-22(15(2)34-31-14)17-12-18(23-19(13-17)28-24(29-23)16-5-6-16)26(32,20-4-3-11-27-30-20)21-7-8-25(33-21)9-10-25/h3-4,11-13,16,21,32H,5-10H2,1-2H3,(H,28,29)/t21-,26?/m1/s1. The third-order valence-electron chi connectivity index (χ3n) is 7.79. The molecule has 2 saturated carbocycles. The van der Waals surface area contributed by atoms with Gasteiger partial charge in [0.2, 0.25) is 0 Å². The van der Waals surface area contributed by atoms with Gasteiger partial charge in [0.1, 0.15) is 17.3 Å². The van der Waals surface area contributed by atoms with Crippen molar-refractivity contribution >= 4 is 11.0 Å². The number of aromatic nitrogens is 5. The van der Waals surface area contributed by atoms with Crippen molar-refractivity contribution in [3.05, 3.63) is 59.0 Å². The number of fused-ring (bicyclic) bond motifs is 1. The fourth-order valence-electron chi connectivity index (χ4n) is 5.61. The molecule has 8 nitrogen and oxygen atoms in total. The van der Waals surface area contributed by atoms with E-state index in [1.165, 1.54) is 0 Å². The minimum absolute atomic E-state index is 0.0933. The number of H-pyrrole nitrogens is 1. The maximum Gasteiger partial charge on any atom is 0.161 e. The Morgan fingerprint density at radius 1 is 1.15 bits per heavy atom. The Morgan fingerprint density at radius 2 is 2.00 bits per heavy atom. The predicted octanol–water partition coefficient (Wildman–Crippen LogP) is 4.45. The number of rotatable bonds is 5. The lowest BCUT2D eigenvalue weighted by Crippen LogP contribution is -2.42. The summed E-state index contributed by atoms with van der Waals surface area (Å²) in [4.78, 5) is 8.53. The van der Waals surface area contributed by atoms with Gasteiger partial charge in [-0.2, -0.15) is 10.2 Å². The lowest BCUT2D eigenvalue weighted by Gasteiger charge is -2.34. The van der Waals surface area contributed by atoms with Crippen LogP contribution >= 0.6 is 0 Å². The van der Waals surface area contributed by atoms with Crippen LogP contribution in [0.15, 0.2) is 35.0 Å². The molecule has 2 N–H and O–H groups in total. The van der Waals surface area contributed by atoms with Gasteiger partial charge in [-0.1, -0.05) is 5.16 Å². The van der Waals surface area contributed by atoms with Gasteiger partial charge < -0.3 is 19.4 Å². The summed E-state index contributed by atoms with van der Waals surface area (Å²) in [5.41, 5.74) is 3.87. The lowest BCUT2D eigenvalue weighted by atomic mass is 9.81. The van der Waals surface area contributed by atoms with Crippen molar-refractivity contribution in [3.63, 3.8) is 0 Å². The Bertz CT molecular complexity index is 1380. The second-order valence-corrected chi connectivity index (χ2v) is 10.2. The number of aromatic amines is 1. The quantitative estimate of drug-likeness (QED) is 0.456. The summed E-state index contributed by atoms with van der Waals surface area (Å²) in [5, 5.41) is 25.3. The molecule has 8 heteroatoms. The van der Waals surface area contributed by atoms with Crippen molar-refractivity contribution in [2.24, 2.45) is 0 Å². The maximum atomic E-state index is 12.6. The summed E-state index contributed by atoms with van der Waals surface area (Å²) < 4.78 is 12.0. The van der Waals surface area contributed by atoms with Crippen LogP contribution < -0.4 is 0 Å². The van der Waals surface area contributed by atoms with Crippen LogP contribution in [-0.2, 0) is 10.3 Å². The van der Waals surface area contributed by atoms with Crippen molar-refractivity contribution in [2.45, 2.75) is 75.6 Å². The molecule has 3 aromatic heterocycles. The number of aryl methyl sites for hydroxylation is 2. The van der Waals surface area contributed by atoms with E-state index in [4.69, 9.17) is 14.2 Å². The van der Waals surface area contributed by atoms with Crippen LogP contribution in [0.3, 0.4) is 0 Å². The zero-order chi connectivity index (χ0) is 23.1. The number of benzene rings is 1. The molecule has 0 amide bonds. The molecular weight excluding hydrogens is 430 g/mol. The van der Waals surface area contributed by atoms with Gasteiger partial charge in [0.05, 0.1) is 28.4 Å². The van der Waals surface area contributed by atoms with Crippen LogP contribution in [0.25, 0.3) is 22.2 Å². The van der Waals surface area contributed by atoms with Crippen LogP contribution in [0.2, 0.25) is 0 Å². The average Bonchev–Trinajstić information content (AvgIpc) is 3.71. The number of aliphatic hydroxyl groups is 1. The summed E-state index contributed by atoms with van der Waals surface area (Å²) in [6.45, 7) is 3.84. The molecule has 1 saturated heterocycles. The minimum atomic E-state index is -1.50. The molecule has 1 aromatic carbocycles. The summed E-state index contributed by atoms with van der Waals surface area (Å²) in [6, 6.07) is 7.74. The van der Waals surface area contributed by atoms with E-state index in [2.05, 4.69) is 26.4 Å². The van der Waals surface area contributed by atoms with Crippen molar-refractivity contribution in [1.29, 1.82) is 0 Å². The van der Waals surface area contributed by atoms with E-state index in [1.54, 1.807) is 6.20 Å². The molecular formula is C26H27N5O3. The van der Waals surface area contributed by atoms with Crippen molar-refractivity contribution < 1.29 is 14.4 Å². The van der Waals surface area contributed by atoms with E-state index in [9.17, 15) is 5.11 Å². The highest BCUT2D eigenvalue weighted by Crippen LogP contribution is 2.54. The summed E-state index contributed by atoms with van der Waals surface area (Å²) in [5.74, 6) is 2.16. The van der Waals surface area contributed by atoms with Gasteiger partial charge in [-0.05, 0) is 82.2 Å². The third-order valence-corrected chi connectivity index (χ3v) is 7.79. The normalized spacial score (nSPS) is 23.0. The van der Waals surface area contributed by atoms with E-state index in [0.717, 1.165) is 78.0 Å². The van der Waals surface area contributed by atoms with Crippen molar-refractivity contribution in [2.75, 3.05) is 0 Å². The molecule has 4 aromatic rings. The number of nitrogens with one attached hydrogen (secondary N) is 1. The van der Waals surface area contributed by atoms with Gasteiger partial charge in [0, 0.05) is 23.2 Å². The van der Waals surface area contributed by atoms with Crippen molar-refractivity contribution in [1.82, 2.24) is 25.3 Å². The van der Waals surface area contributed by atoms with E-state index in [-0.39, 0.29) is 5.60 Å². The number of nitrogens with zero attached hydrogens (tertiary/aromatic N) is 4. The summed E-state index contributed by atoms with van der Waals surface area (Å²) in [6.07, 6.45) is 7.24. The first-order valence-electron chi connectivity index (χ1n) is 12.1. The molecule has 1 spiro atoms. The van der Waals surface area contributed by atoms with E-state index in [0.29, 0.717) is 17.2 Å². The smallest absolute Gasteiger partial charge is 0.161 e. The van der Waals surface area contributed by atoms with Gasteiger partial charge in [0.15, 0.2) is 5.60 Å². The Labute approximate surface area is 196 Å². The van der Waals surface area contributed by atoms with Gasteiger partial charge in [-0.15, -0.1) is 0 Å². The highest BCUT2D eigenvalue weighted by Gasteiger charge is 2.57. The Morgan fingerprint density at radius 3 is 2.65 bits per heavy atom. The molecule has 4 heterocycles. The fourth-order valence-corrected chi connectivity index (χ4v) is 5.61. The first kappa shape index (κ1) is 20.3. The molecule has 2 atom stereocenters. The SMILES string of the molecule is Cc1noc(C)c1-c1cc(C(O)(c2cccnn2)[C@H]2CCC3(CC3)O2)c2nc(C3CC3)[nH]c2c1. The molecule has 0 radical (unpaired) electrons. The second kappa shape index (κ2) is 6.96.